The Kier molecular flexibility index (Phi) is 30.4. The lowest BCUT2D eigenvalue weighted by atomic mass is 9.86. The molecule has 0 aliphatic carbocycles. The van der Waals surface area contributed by atoms with Gasteiger partial charge in [-0.3, -0.25) is 14.4 Å². The number of aromatic carboxylic acids is 1. The molecule has 8 aromatic rings. The Bertz CT molecular complexity index is 3630. The number of nitrogens with zero attached hydrogens (tertiary/aromatic N) is 4. The molecule has 8 rings (SSSR count). The van der Waals surface area contributed by atoms with Crippen molar-refractivity contribution >= 4 is 81.4 Å². The van der Waals surface area contributed by atoms with E-state index in [1.165, 1.54) is 0 Å². The van der Waals surface area contributed by atoms with E-state index >= 15 is 0 Å². The quantitative estimate of drug-likeness (QED) is 0.0450. The van der Waals surface area contributed by atoms with Crippen LogP contribution < -0.4 is 21.7 Å². The Balaban J connectivity index is 0.000000380. The summed E-state index contributed by atoms with van der Waals surface area (Å²) in [5, 5.41) is 64.8. The average Bonchev–Trinajstić information content (AvgIpc) is 3.51. The number of aromatic hydroxyl groups is 4. The first-order valence-corrected chi connectivity index (χ1v) is 29.3. The van der Waals surface area contributed by atoms with Crippen LogP contribution in [0.1, 0.15) is 154 Å². The molecule has 0 saturated carbocycles. The summed E-state index contributed by atoms with van der Waals surface area (Å²) in [6.07, 6.45) is 3.31. The number of halogens is 3. The molecule has 0 bridgehead atoms. The molecule has 0 saturated heterocycles. The van der Waals surface area contributed by atoms with Crippen LogP contribution >= 0.6 is 35.6 Å². The van der Waals surface area contributed by atoms with E-state index in [0.717, 1.165) is 38.6 Å². The molecule has 0 radical (unpaired) electrons. The number of amides is 3. The second-order valence-electron chi connectivity index (χ2n) is 24.4. The van der Waals surface area contributed by atoms with Gasteiger partial charge in [0.2, 0.25) is 11.8 Å². The summed E-state index contributed by atoms with van der Waals surface area (Å²) in [5.41, 5.74) is 15.2. The highest BCUT2D eigenvalue weighted by molar-refractivity contribution is 6.27. The number of carbonyl (C=O) groups excluding carboxylic acids is 3. The van der Waals surface area contributed by atoms with Crippen LogP contribution in [0.3, 0.4) is 0 Å². The van der Waals surface area contributed by atoms with Gasteiger partial charge in [0.05, 0.1) is 22.5 Å². The number of rotatable bonds is 10. The number of aryl methyl sites for hydroxylation is 2. The number of aliphatic hydroxyl groups excluding tert-OH is 1. The molecule has 0 aliphatic heterocycles. The molecule has 0 atom stereocenters. The molecule has 0 unspecified atom stereocenters. The van der Waals surface area contributed by atoms with Crippen molar-refractivity contribution in [2.75, 3.05) is 18.5 Å². The van der Waals surface area contributed by atoms with Gasteiger partial charge in [-0.05, 0) is 124 Å². The summed E-state index contributed by atoms with van der Waals surface area (Å²) < 4.78 is 0. The van der Waals surface area contributed by atoms with Crippen molar-refractivity contribution in [1.82, 2.24) is 35.9 Å². The number of nitrogens with two attached hydrogens (primary N) is 1. The molecular formula is C68H87Cl3N8O10. The molecule has 4 heterocycles. The normalized spacial score (nSPS) is 10.9. The highest BCUT2D eigenvalue weighted by atomic mass is 35.5. The molecule has 18 nitrogen and oxygen atoms in total. The smallest absolute Gasteiger partial charge is 0.337 e. The van der Waals surface area contributed by atoms with Crippen LogP contribution in [0.25, 0.3) is 22.1 Å². The molecule has 0 spiro atoms. The van der Waals surface area contributed by atoms with Crippen LogP contribution in [0.5, 0.6) is 23.0 Å². The van der Waals surface area contributed by atoms with Gasteiger partial charge in [-0.2, -0.15) is 0 Å². The Labute approximate surface area is 538 Å². The largest absolute Gasteiger partial charge is 0.508 e. The number of nitrogens with one attached hydrogen (secondary N) is 3. The summed E-state index contributed by atoms with van der Waals surface area (Å²) >= 11 is 10.4. The van der Waals surface area contributed by atoms with Crippen LogP contribution in [0.2, 0.25) is 0 Å². The summed E-state index contributed by atoms with van der Waals surface area (Å²) in [6, 6.07) is 34.8. The highest BCUT2D eigenvalue weighted by Crippen LogP contribution is 2.31. The lowest BCUT2D eigenvalue weighted by Gasteiger charge is -2.20. The molecule has 480 valence electrons. The highest BCUT2D eigenvalue weighted by Gasteiger charge is 2.19. The van der Waals surface area contributed by atoms with Crippen molar-refractivity contribution in [2.45, 2.75) is 138 Å². The minimum atomic E-state index is -0.958. The number of carboxylic acid groups (broad SMARTS) is 1. The van der Waals surface area contributed by atoms with Crippen molar-refractivity contribution in [3.05, 3.63) is 189 Å². The maximum atomic E-state index is 12.6. The molecule has 4 aromatic heterocycles. The van der Waals surface area contributed by atoms with Gasteiger partial charge in [0.15, 0.2) is 11.3 Å². The lowest BCUT2D eigenvalue weighted by Crippen LogP contribution is -2.24. The van der Waals surface area contributed by atoms with Crippen molar-refractivity contribution in [3.8, 4) is 23.0 Å². The number of aromatic nitrogens is 4. The first-order chi connectivity index (χ1) is 41.0. The second-order valence-corrected chi connectivity index (χ2v) is 25.0. The summed E-state index contributed by atoms with van der Waals surface area (Å²) in [7, 11) is 0. The number of phenolic OH excluding ortho intramolecular Hbond substituents is 4. The van der Waals surface area contributed by atoms with E-state index in [9.17, 15) is 39.6 Å². The standard InChI is InChI=1S/C21H23N3O2.C13H18ClNO2.C11H17NO.C10H8N2O2.C10H14O.C3H6ClNO2.ClH/c1-13-17(10-14-6-5-9-22-19(14)24-13)20(26)23-12-15-7-8-16(11-18(15)25)21(2,3)4;1-13(2,3)10-5-4-9(11(16)6-10)8-15-12(17)7-14;1-11(2,3)9-5-4-8(7-12)10(13)6-9;1-6-8(10(13)14)5-7-3-2-4-11-9(7)12-6;1-10(2,3)8-5-4-6-9(11)7-8;4-1-3(7)5-2-6;/h5-11,25H,12H2,1-4H3,(H,23,26);4-6,16H,7-8H2,1-3H3,(H,15,17);4-6,13H,7,12H2,1-3H3;2-5H,1H3,(H,13,14);4-7,11H,1-3H3;6H,1-2H2,(H,5,7);1H. The number of alkyl halides is 2. The van der Waals surface area contributed by atoms with Crippen molar-refractivity contribution < 1.29 is 49.8 Å². The topological polar surface area (TPSA) is 303 Å². The number of aliphatic hydroxyl groups is 1. The van der Waals surface area contributed by atoms with Crippen molar-refractivity contribution in [2.24, 2.45) is 5.73 Å². The predicted molar refractivity (Wildman–Crippen MR) is 358 cm³/mol. The van der Waals surface area contributed by atoms with E-state index in [1.807, 2.05) is 60.7 Å². The van der Waals surface area contributed by atoms with Gasteiger partial charge in [0.1, 0.15) is 41.5 Å². The molecule has 4 aromatic carbocycles. The molecule has 0 aliphatic rings. The van der Waals surface area contributed by atoms with Crippen LogP contribution in [0.4, 0.5) is 0 Å². The average molecular weight is 1280 g/mol. The Hall–Kier alpha value is -8.13. The van der Waals surface area contributed by atoms with Gasteiger partial charge in [-0.25, -0.2) is 24.7 Å². The molecule has 21 heteroatoms. The monoisotopic (exact) mass is 1280 g/mol. The first kappa shape index (κ1) is 77.0. The fourth-order valence-electron chi connectivity index (χ4n) is 7.82. The Morgan fingerprint density at radius 2 is 0.876 bits per heavy atom. The van der Waals surface area contributed by atoms with Gasteiger partial charge in [-0.1, -0.05) is 132 Å². The zero-order valence-electron chi connectivity index (χ0n) is 53.2. The zero-order chi connectivity index (χ0) is 66.3. The predicted octanol–water partition coefficient (Wildman–Crippen LogP) is 12.6. The number of hydrogen-bond donors (Lipinski definition) is 10. The SMILES string of the molecule is CC(C)(C)c1ccc(CN)c(O)c1.CC(C)(C)c1ccc(CNC(=O)CCl)c(O)c1.CC(C)(C)c1cccc(O)c1.Cc1nc2ncccc2cc1C(=O)NCc1ccc(C(C)(C)C)cc1O.Cc1nc2ncccc2cc1C(=O)O.Cl.O=C(CCl)NCO. The van der Waals surface area contributed by atoms with E-state index in [1.54, 1.807) is 80.8 Å². The third kappa shape index (κ3) is 25.5. The maximum Gasteiger partial charge on any atom is 0.337 e. The van der Waals surface area contributed by atoms with E-state index in [4.69, 9.17) is 39.1 Å². The molecule has 0 fully saturated rings. The number of pyridine rings is 4. The summed E-state index contributed by atoms with van der Waals surface area (Å²) in [5.74, 6) is -0.910. The van der Waals surface area contributed by atoms with Gasteiger partial charge in [0, 0.05) is 59.5 Å². The van der Waals surface area contributed by atoms with Crippen LogP contribution in [0.15, 0.2) is 128 Å². The fraction of sp³-hybridized carbons (Fsp3) is 0.353. The van der Waals surface area contributed by atoms with Crippen LogP contribution in [-0.4, -0.2) is 92.8 Å². The number of carboxylic acids is 1. The second kappa shape index (κ2) is 35.2. The zero-order valence-corrected chi connectivity index (χ0v) is 55.5. The van der Waals surface area contributed by atoms with E-state index < -0.39 is 5.97 Å². The van der Waals surface area contributed by atoms with Crippen LogP contribution in [-0.2, 0) is 50.9 Å². The molecular weight excluding hydrogens is 1200 g/mol. The maximum absolute atomic E-state index is 12.6. The number of carbonyl (C=O) groups is 4. The number of hydrogen-bond acceptors (Lipinski definition) is 14. The molecule has 3 amide bonds. The third-order valence-corrected chi connectivity index (χ3v) is 13.7. The van der Waals surface area contributed by atoms with E-state index in [-0.39, 0.29) is 93.9 Å². The van der Waals surface area contributed by atoms with E-state index in [2.05, 4.69) is 119 Å². The summed E-state index contributed by atoms with van der Waals surface area (Å²) in [6.45, 7) is 29.3. The molecule has 11 N–H and O–H groups in total. The van der Waals surface area contributed by atoms with Gasteiger partial charge in [0.25, 0.3) is 5.91 Å². The summed E-state index contributed by atoms with van der Waals surface area (Å²) in [4.78, 5) is 61.1. The van der Waals surface area contributed by atoms with Crippen molar-refractivity contribution in [3.63, 3.8) is 0 Å². The number of benzene rings is 4. The minimum absolute atomic E-state index is 0. The van der Waals surface area contributed by atoms with E-state index in [0.29, 0.717) is 64.0 Å². The van der Waals surface area contributed by atoms with Crippen molar-refractivity contribution in [1.29, 1.82) is 0 Å². The minimum Gasteiger partial charge on any atom is -0.508 e. The number of phenols is 4. The first-order valence-electron chi connectivity index (χ1n) is 28.2. The van der Waals surface area contributed by atoms with Gasteiger partial charge < -0.3 is 52.3 Å². The lowest BCUT2D eigenvalue weighted by molar-refractivity contribution is -0.120. The third-order valence-electron chi connectivity index (χ3n) is 13.3. The van der Waals surface area contributed by atoms with Gasteiger partial charge >= 0.3 is 5.97 Å². The van der Waals surface area contributed by atoms with Crippen LogP contribution in [0, 0.1) is 13.8 Å². The fourth-order valence-corrected chi connectivity index (χ4v) is 8.01. The Morgan fingerprint density at radius 3 is 1.22 bits per heavy atom. The molecule has 89 heavy (non-hydrogen) atoms. The Morgan fingerprint density at radius 1 is 0.494 bits per heavy atom. The van der Waals surface area contributed by atoms with Gasteiger partial charge in [-0.15, -0.1) is 35.6 Å². The number of fused-ring (bicyclic) bond motifs is 2.